The van der Waals surface area contributed by atoms with E-state index in [0.717, 1.165) is 23.6 Å². The molecule has 2 aromatic rings. The fourth-order valence-corrected chi connectivity index (χ4v) is 1.36. The fraction of sp³-hybridized carbons (Fsp3) is 0.167. The third-order valence-electron chi connectivity index (χ3n) is 2.06. The van der Waals surface area contributed by atoms with Crippen LogP contribution in [0.3, 0.4) is 0 Å². The average molecular weight is 199 g/mol. The van der Waals surface area contributed by atoms with Gasteiger partial charge in [-0.05, 0) is 6.92 Å². The van der Waals surface area contributed by atoms with Crippen molar-refractivity contribution < 1.29 is 0 Å². The molecule has 0 spiro atoms. The lowest BCUT2D eigenvalue weighted by Crippen LogP contribution is -1.98. The van der Waals surface area contributed by atoms with E-state index in [1.807, 2.05) is 37.3 Å². The van der Waals surface area contributed by atoms with Gasteiger partial charge in [0.15, 0.2) is 5.82 Å². The summed E-state index contributed by atoms with van der Waals surface area (Å²) >= 11 is 0. The molecule has 3 heteroatoms. The molecule has 1 heterocycles. The molecule has 76 valence electrons. The minimum absolute atomic E-state index is 0.761. The van der Waals surface area contributed by atoms with Crippen LogP contribution >= 0.6 is 0 Å². The molecule has 0 amide bonds. The van der Waals surface area contributed by atoms with Crippen LogP contribution in [0.25, 0.3) is 11.4 Å². The number of hydrogen-bond acceptors (Lipinski definition) is 3. The average Bonchev–Trinajstić information content (AvgIpc) is 2.32. The molecule has 1 aromatic heterocycles. The zero-order chi connectivity index (χ0) is 10.5. The van der Waals surface area contributed by atoms with Crippen LogP contribution in [0.15, 0.2) is 42.7 Å². The predicted molar refractivity (Wildman–Crippen MR) is 61.6 cm³/mol. The Morgan fingerprint density at radius 3 is 2.33 bits per heavy atom. The first kappa shape index (κ1) is 9.65. The van der Waals surface area contributed by atoms with Crippen molar-refractivity contribution in [2.45, 2.75) is 6.92 Å². The lowest BCUT2D eigenvalue weighted by molar-refractivity contribution is 1.13. The van der Waals surface area contributed by atoms with Gasteiger partial charge in [-0.25, -0.2) is 9.97 Å². The molecule has 0 unspecified atom stereocenters. The van der Waals surface area contributed by atoms with Crippen LogP contribution in [0.5, 0.6) is 0 Å². The molecule has 0 bridgehead atoms. The minimum atomic E-state index is 0.761. The summed E-state index contributed by atoms with van der Waals surface area (Å²) in [5.41, 5.74) is 2.00. The predicted octanol–water partition coefficient (Wildman–Crippen LogP) is 2.58. The van der Waals surface area contributed by atoms with Crippen LogP contribution in [-0.2, 0) is 0 Å². The molecule has 0 atom stereocenters. The smallest absolute Gasteiger partial charge is 0.159 e. The first-order valence-electron chi connectivity index (χ1n) is 5.01. The Labute approximate surface area is 89.2 Å². The van der Waals surface area contributed by atoms with Crippen LogP contribution in [-0.4, -0.2) is 16.5 Å². The SMILES string of the molecule is CCNc1cnc(-c2ccccc2)nc1. The van der Waals surface area contributed by atoms with Crippen LogP contribution in [0.1, 0.15) is 6.92 Å². The highest BCUT2D eigenvalue weighted by atomic mass is 14.9. The molecule has 1 aromatic carbocycles. The fourth-order valence-electron chi connectivity index (χ4n) is 1.36. The standard InChI is InChI=1S/C12H13N3/c1-2-13-11-8-14-12(15-9-11)10-6-4-3-5-7-10/h3-9,13H,2H2,1H3. The summed E-state index contributed by atoms with van der Waals surface area (Å²) < 4.78 is 0. The molecule has 3 nitrogen and oxygen atoms in total. The van der Waals surface area contributed by atoms with Crippen molar-refractivity contribution in [2.24, 2.45) is 0 Å². The van der Waals surface area contributed by atoms with Gasteiger partial charge in [-0.2, -0.15) is 0 Å². The lowest BCUT2D eigenvalue weighted by atomic mass is 10.2. The zero-order valence-electron chi connectivity index (χ0n) is 8.64. The second-order valence-corrected chi connectivity index (χ2v) is 3.19. The van der Waals surface area contributed by atoms with E-state index < -0.39 is 0 Å². The number of nitrogens with zero attached hydrogens (tertiary/aromatic N) is 2. The van der Waals surface area contributed by atoms with Gasteiger partial charge >= 0.3 is 0 Å². The molecule has 0 aliphatic heterocycles. The maximum Gasteiger partial charge on any atom is 0.159 e. The van der Waals surface area contributed by atoms with E-state index in [0.29, 0.717) is 0 Å². The van der Waals surface area contributed by atoms with Gasteiger partial charge in [0.05, 0.1) is 18.1 Å². The number of benzene rings is 1. The summed E-state index contributed by atoms with van der Waals surface area (Å²) in [6.07, 6.45) is 3.61. The van der Waals surface area contributed by atoms with Crippen molar-refractivity contribution >= 4 is 5.69 Å². The van der Waals surface area contributed by atoms with E-state index >= 15 is 0 Å². The van der Waals surface area contributed by atoms with E-state index in [9.17, 15) is 0 Å². The number of nitrogens with one attached hydrogen (secondary N) is 1. The molecule has 0 fully saturated rings. The summed E-state index contributed by atoms with van der Waals surface area (Å²) in [7, 11) is 0. The molecule has 0 saturated heterocycles. The minimum Gasteiger partial charge on any atom is -0.383 e. The van der Waals surface area contributed by atoms with Gasteiger partial charge in [-0.1, -0.05) is 30.3 Å². The van der Waals surface area contributed by atoms with Crippen LogP contribution in [0.4, 0.5) is 5.69 Å². The maximum absolute atomic E-state index is 4.29. The Morgan fingerprint density at radius 2 is 1.73 bits per heavy atom. The molecule has 2 rings (SSSR count). The Balaban J connectivity index is 2.24. The summed E-state index contributed by atoms with van der Waals surface area (Å²) in [4.78, 5) is 8.59. The lowest BCUT2D eigenvalue weighted by Gasteiger charge is -2.03. The van der Waals surface area contributed by atoms with Gasteiger partial charge < -0.3 is 5.32 Å². The highest BCUT2D eigenvalue weighted by Gasteiger charge is 1.99. The summed E-state index contributed by atoms with van der Waals surface area (Å²) in [6.45, 7) is 2.93. The van der Waals surface area contributed by atoms with Crippen molar-refractivity contribution in [1.82, 2.24) is 9.97 Å². The Bertz CT molecular complexity index is 409. The molecular weight excluding hydrogens is 186 g/mol. The van der Waals surface area contributed by atoms with Gasteiger partial charge in [0.1, 0.15) is 0 Å². The molecule has 1 N–H and O–H groups in total. The van der Waals surface area contributed by atoms with Crippen LogP contribution in [0.2, 0.25) is 0 Å². The van der Waals surface area contributed by atoms with Gasteiger partial charge in [-0.15, -0.1) is 0 Å². The monoisotopic (exact) mass is 199 g/mol. The van der Waals surface area contributed by atoms with E-state index in [2.05, 4.69) is 15.3 Å². The van der Waals surface area contributed by atoms with Gasteiger partial charge in [-0.3, -0.25) is 0 Å². The Kier molecular flexibility index (Phi) is 2.93. The molecule has 0 aliphatic carbocycles. The van der Waals surface area contributed by atoms with Crippen molar-refractivity contribution in [3.05, 3.63) is 42.7 Å². The molecule has 15 heavy (non-hydrogen) atoms. The number of rotatable bonds is 3. The first-order chi connectivity index (χ1) is 7.40. The normalized spacial score (nSPS) is 9.93. The summed E-state index contributed by atoms with van der Waals surface area (Å²) in [6, 6.07) is 9.95. The second kappa shape index (κ2) is 4.55. The van der Waals surface area contributed by atoms with Crippen molar-refractivity contribution in [1.29, 1.82) is 0 Å². The number of hydrogen-bond donors (Lipinski definition) is 1. The van der Waals surface area contributed by atoms with Gasteiger partial charge in [0.2, 0.25) is 0 Å². The number of anilines is 1. The van der Waals surface area contributed by atoms with E-state index in [1.165, 1.54) is 0 Å². The van der Waals surface area contributed by atoms with Gasteiger partial charge in [0.25, 0.3) is 0 Å². The molecule has 0 aliphatic rings. The third kappa shape index (κ3) is 2.31. The highest BCUT2D eigenvalue weighted by molar-refractivity contribution is 5.55. The van der Waals surface area contributed by atoms with Gasteiger partial charge in [0, 0.05) is 12.1 Å². The molecular formula is C12H13N3. The largest absolute Gasteiger partial charge is 0.383 e. The first-order valence-corrected chi connectivity index (χ1v) is 5.01. The topological polar surface area (TPSA) is 37.8 Å². The third-order valence-corrected chi connectivity index (χ3v) is 2.06. The quantitative estimate of drug-likeness (QED) is 0.825. The van der Waals surface area contributed by atoms with Crippen molar-refractivity contribution in [2.75, 3.05) is 11.9 Å². The van der Waals surface area contributed by atoms with E-state index in [-0.39, 0.29) is 0 Å². The highest BCUT2D eigenvalue weighted by Crippen LogP contribution is 2.14. The second-order valence-electron chi connectivity index (χ2n) is 3.19. The maximum atomic E-state index is 4.29. The summed E-state index contributed by atoms with van der Waals surface area (Å²) in [5, 5.41) is 3.16. The molecule has 0 radical (unpaired) electrons. The molecule has 0 saturated carbocycles. The zero-order valence-corrected chi connectivity index (χ0v) is 8.64. The Hall–Kier alpha value is -1.90. The van der Waals surface area contributed by atoms with Crippen LogP contribution < -0.4 is 5.32 Å². The van der Waals surface area contributed by atoms with E-state index in [4.69, 9.17) is 0 Å². The van der Waals surface area contributed by atoms with Crippen LogP contribution in [0, 0.1) is 0 Å². The summed E-state index contributed by atoms with van der Waals surface area (Å²) in [5.74, 6) is 0.761. The Morgan fingerprint density at radius 1 is 1.07 bits per heavy atom. The number of aromatic nitrogens is 2. The van der Waals surface area contributed by atoms with E-state index in [1.54, 1.807) is 12.4 Å². The van der Waals surface area contributed by atoms with Crippen molar-refractivity contribution in [3.8, 4) is 11.4 Å². The van der Waals surface area contributed by atoms with Crippen molar-refractivity contribution in [3.63, 3.8) is 0 Å².